The van der Waals surface area contributed by atoms with Crippen molar-refractivity contribution in [2.24, 2.45) is 7.05 Å². The quantitative estimate of drug-likeness (QED) is 0.301. The van der Waals surface area contributed by atoms with Crippen LogP contribution in [0.2, 0.25) is 0 Å². The highest BCUT2D eigenvalue weighted by Gasteiger charge is 2.30. The molecular weight excluding hydrogens is 562 g/mol. The Bertz CT molecular complexity index is 2030. The maximum absolute atomic E-state index is 13.7. The number of hydrogen-bond acceptors (Lipinski definition) is 9. The molecular formula is C31H33N9O4. The van der Waals surface area contributed by atoms with E-state index in [0.29, 0.717) is 39.8 Å². The van der Waals surface area contributed by atoms with Crippen LogP contribution in [-0.4, -0.2) is 69.3 Å². The number of rotatable bonds is 6. The summed E-state index contributed by atoms with van der Waals surface area (Å²) >= 11 is 0. The van der Waals surface area contributed by atoms with E-state index < -0.39 is 0 Å². The Labute approximate surface area is 251 Å². The Morgan fingerprint density at radius 3 is 2.77 bits per heavy atom. The van der Waals surface area contributed by atoms with Crippen molar-refractivity contribution in [3.05, 3.63) is 86.2 Å². The highest BCUT2D eigenvalue weighted by atomic mass is 16.5. The third kappa shape index (κ3) is 4.38. The van der Waals surface area contributed by atoms with Gasteiger partial charge < -0.3 is 19.7 Å². The molecule has 0 bridgehead atoms. The van der Waals surface area contributed by atoms with Crippen molar-refractivity contribution in [3.63, 3.8) is 0 Å². The summed E-state index contributed by atoms with van der Waals surface area (Å²) in [7, 11) is 1.68. The molecule has 1 aliphatic carbocycles. The van der Waals surface area contributed by atoms with Gasteiger partial charge in [-0.3, -0.25) is 23.6 Å². The van der Waals surface area contributed by atoms with Gasteiger partial charge in [-0.15, -0.1) is 0 Å². The minimum absolute atomic E-state index is 0.215. The Kier molecular flexibility index (Phi) is 6.47. The van der Waals surface area contributed by atoms with Gasteiger partial charge in [-0.1, -0.05) is 0 Å². The van der Waals surface area contributed by atoms with Crippen LogP contribution in [0.4, 0.5) is 11.5 Å². The minimum atomic E-state index is -0.378. The van der Waals surface area contributed by atoms with Crippen LogP contribution in [-0.2, 0) is 44.3 Å². The van der Waals surface area contributed by atoms with Gasteiger partial charge in [0.25, 0.3) is 11.1 Å². The van der Waals surface area contributed by atoms with Gasteiger partial charge in [0.05, 0.1) is 38.1 Å². The second-order valence-corrected chi connectivity index (χ2v) is 11.8. The third-order valence-corrected chi connectivity index (χ3v) is 9.15. The summed E-state index contributed by atoms with van der Waals surface area (Å²) in [6, 6.07) is 7.90. The molecule has 0 amide bonds. The average molecular weight is 596 g/mol. The molecule has 0 atom stereocenters. The number of aromatic nitrogens is 7. The molecule has 8 rings (SSSR count). The van der Waals surface area contributed by atoms with E-state index >= 15 is 0 Å². The molecule has 7 heterocycles. The largest absolute Gasteiger partial charge is 0.392 e. The van der Waals surface area contributed by atoms with Crippen LogP contribution in [0.5, 0.6) is 0 Å². The molecule has 0 aromatic carbocycles. The van der Waals surface area contributed by atoms with E-state index in [9.17, 15) is 14.7 Å². The second kappa shape index (κ2) is 10.5. The molecule has 0 spiro atoms. The highest BCUT2D eigenvalue weighted by molar-refractivity contribution is 5.73. The molecule has 1 saturated heterocycles. The number of aryl methyl sites for hydroxylation is 3. The molecule has 226 valence electrons. The number of nitrogens with one attached hydrogen (secondary N) is 1. The Morgan fingerprint density at radius 2 is 1.95 bits per heavy atom. The SMILES string of the molecule is Cn1cc(-c2ccnc(-n3ncn4c5c(cc4c3=O)CCCC5)c2CO)cc(Nc2cc3n(n2)CCN(C2COC2)C3)c1=O. The van der Waals surface area contributed by atoms with Crippen LogP contribution in [0.1, 0.15) is 35.4 Å². The van der Waals surface area contributed by atoms with Crippen molar-refractivity contribution in [2.45, 2.75) is 51.4 Å². The van der Waals surface area contributed by atoms with E-state index in [1.54, 1.807) is 37.9 Å². The molecule has 2 aliphatic heterocycles. The third-order valence-electron chi connectivity index (χ3n) is 9.15. The summed E-state index contributed by atoms with van der Waals surface area (Å²) in [5, 5.41) is 23.0. The van der Waals surface area contributed by atoms with Crippen molar-refractivity contribution < 1.29 is 9.84 Å². The zero-order valence-corrected chi connectivity index (χ0v) is 24.4. The van der Waals surface area contributed by atoms with Crippen LogP contribution in [0.3, 0.4) is 0 Å². The molecule has 44 heavy (non-hydrogen) atoms. The molecule has 1 fully saturated rings. The van der Waals surface area contributed by atoms with Crippen LogP contribution in [0.15, 0.2) is 52.6 Å². The zero-order valence-electron chi connectivity index (χ0n) is 24.4. The van der Waals surface area contributed by atoms with Gasteiger partial charge in [0.15, 0.2) is 11.6 Å². The topological polar surface area (TPSA) is 137 Å². The fraction of sp³-hybridized carbons (Fsp3) is 0.387. The first-order valence-electron chi connectivity index (χ1n) is 15.1. The molecule has 0 radical (unpaired) electrons. The molecule has 0 saturated carbocycles. The maximum atomic E-state index is 13.7. The predicted octanol–water partition coefficient (Wildman–Crippen LogP) is 1.77. The molecule has 3 aliphatic rings. The standard InChI is InChI=1S/C31H33N9O4/c1-36-13-20(10-25(30(36)42)34-28-12-21-14-37(22-16-44-17-22)8-9-39(21)35-28)23-6-7-32-29(24(23)15-41)40-31(43)27-11-19-4-2-3-5-26(19)38(27)18-33-40/h6-7,10-13,18,22,41H,2-5,8-9,14-17H2,1H3,(H,34,35). The Balaban J connectivity index is 1.15. The molecule has 13 heteroatoms. The number of fused-ring (bicyclic) bond motifs is 4. The van der Waals surface area contributed by atoms with Crippen LogP contribution in [0.25, 0.3) is 22.5 Å². The van der Waals surface area contributed by atoms with Crippen molar-refractivity contribution in [2.75, 3.05) is 25.1 Å². The van der Waals surface area contributed by atoms with Gasteiger partial charge in [-0.25, -0.2) is 4.98 Å². The highest BCUT2D eigenvalue weighted by Crippen LogP contribution is 2.30. The Morgan fingerprint density at radius 1 is 1.09 bits per heavy atom. The lowest BCUT2D eigenvalue weighted by Crippen LogP contribution is -2.51. The normalized spacial score (nSPS) is 17.0. The lowest BCUT2D eigenvalue weighted by Gasteiger charge is -2.39. The molecule has 2 N–H and O–H groups in total. The van der Waals surface area contributed by atoms with Gasteiger partial charge in [0.2, 0.25) is 0 Å². The summed E-state index contributed by atoms with van der Waals surface area (Å²) in [5.41, 5.74) is 5.54. The smallest absolute Gasteiger partial charge is 0.297 e. The summed E-state index contributed by atoms with van der Waals surface area (Å²) in [4.78, 5) is 33.8. The fourth-order valence-electron chi connectivity index (χ4n) is 6.71. The van der Waals surface area contributed by atoms with Crippen molar-refractivity contribution in [1.82, 2.24) is 38.4 Å². The van der Waals surface area contributed by atoms with E-state index in [-0.39, 0.29) is 23.5 Å². The summed E-state index contributed by atoms with van der Waals surface area (Å²) in [6.45, 7) is 3.62. The van der Waals surface area contributed by atoms with E-state index in [1.807, 2.05) is 21.2 Å². The first-order chi connectivity index (χ1) is 21.5. The zero-order chi connectivity index (χ0) is 29.9. The first-order valence-corrected chi connectivity index (χ1v) is 15.1. The van der Waals surface area contributed by atoms with Crippen LogP contribution < -0.4 is 16.4 Å². The molecule has 5 aromatic rings. The van der Waals surface area contributed by atoms with Gasteiger partial charge in [0, 0.05) is 55.4 Å². The van der Waals surface area contributed by atoms with E-state index in [2.05, 4.69) is 20.3 Å². The summed E-state index contributed by atoms with van der Waals surface area (Å²) in [6.07, 6.45) is 9.03. The number of anilines is 2. The van der Waals surface area contributed by atoms with Gasteiger partial charge >= 0.3 is 0 Å². The van der Waals surface area contributed by atoms with Crippen molar-refractivity contribution in [1.29, 1.82) is 0 Å². The van der Waals surface area contributed by atoms with E-state index in [1.165, 1.54) is 14.8 Å². The predicted molar refractivity (Wildman–Crippen MR) is 162 cm³/mol. The van der Waals surface area contributed by atoms with Crippen molar-refractivity contribution in [3.8, 4) is 16.9 Å². The number of aliphatic hydroxyl groups excluding tert-OH is 1. The number of ether oxygens (including phenoxy) is 1. The monoisotopic (exact) mass is 595 g/mol. The molecule has 13 nitrogen and oxygen atoms in total. The first kappa shape index (κ1) is 27.0. The van der Waals surface area contributed by atoms with Crippen LogP contribution in [0, 0.1) is 0 Å². The lowest BCUT2D eigenvalue weighted by atomic mass is 9.98. The van der Waals surface area contributed by atoms with E-state index in [4.69, 9.17) is 9.84 Å². The van der Waals surface area contributed by atoms with Crippen molar-refractivity contribution >= 4 is 17.0 Å². The number of nitrogens with zero attached hydrogens (tertiary/aromatic N) is 8. The fourth-order valence-corrected chi connectivity index (χ4v) is 6.71. The maximum Gasteiger partial charge on any atom is 0.297 e. The summed E-state index contributed by atoms with van der Waals surface area (Å²) < 4.78 is 12.0. The van der Waals surface area contributed by atoms with Gasteiger partial charge in [-0.2, -0.15) is 14.9 Å². The minimum Gasteiger partial charge on any atom is -0.392 e. The van der Waals surface area contributed by atoms with Crippen LogP contribution >= 0.6 is 0 Å². The number of hydrogen-bond donors (Lipinski definition) is 2. The number of aliphatic hydroxyl groups is 1. The van der Waals surface area contributed by atoms with Gasteiger partial charge in [-0.05, 0) is 55.0 Å². The molecule has 5 aromatic heterocycles. The lowest BCUT2D eigenvalue weighted by molar-refractivity contribution is -0.0735. The molecule has 0 unspecified atom stereocenters. The van der Waals surface area contributed by atoms with E-state index in [0.717, 1.165) is 69.9 Å². The average Bonchev–Trinajstić information content (AvgIpc) is 3.59. The second-order valence-electron chi connectivity index (χ2n) is 11.8. The Hall–Kier alpha value is -4.59. The summed E-state index contributed by atoms with van der Waals surface area (Å²) in [5.74, 6) is 0.848. The van der Waals surface area contributed by atoms with Gasteiger partial charge in [0.1, 0.15) is 17.5 Å². The number of pyridine rings is 2.